The predicted octanol–water partition coefficient (Wildman–Crippen LogP) is 10.9. The molecule has 32 heavy (non-hydrogen) atoms. The highest BCUT2D eigenvalue weighted by molar-refractivity contribution is 7.99. The van der Waals surface area contributed by atoms with E-state index in [9.17, 15) is 0 Å². The molecule has 0 bridgehead atoms. The molecule has 0 fully saturated rings. The second kappa shape index (κ2) is 27.8. The van der Waals surface area contributed by atoms with Gasteiger partial charge < -0.3 is 0 Å². The molecule has 0 aliphatic carbocycles. The van der Waals surface area contributed by atoms with E-state index in [4.69, 9.17) is 0 Å². The maximum absolute atomic E-state index is 2.28. The van der Waals surface area contributed by atoms with Crippen LogP contribution < -0.4 is 0 Å². The molecule has 2 aromatic rings. The van der Waals surface area contributed by atoms with Crippen LogP contribution in [0.3, 0.4) is 0 Å². The normalized spacial score (nSPS) is 8.94. The summed E-state index contributed by atoms with van der Waals surface area (Å²) >= 11 is 2.10. The summed E-state index contributed by atoms with van der Waals surface area (Å²) in [5, 5.41) is 0. The number of hydrogen-bond donors (Lipinski definition) is 0. The zero-order valence-corrected chi connectivity index (χ0v) is 20.9. The summed E-state index contributed by atoms with van der Waals surface area (Å²) in [6.07, 6.45) is 10.1. The van der Waals surface area contributed by atoms with Gasteiger partial charge in [0.15, 0.2) is 0 Å². The second-order valence-corrected chi connectivity index (χ2v) is 8.59. The first-order valence-electron chi connectivity index (χ1n) is 11.9. The molecule has 0 radical (unpaired) electrons. The molecule has 0 spiro atoms. The maximum atomic E-state index is 2.28. The lowest BCUT2D eigenvalue weighted by atomic mass is 10.1. The summed E-state index contributed by atoms with van der Waals surface area (Å²) in [6.45, 7) is 13.2. The van der Waals surface area contributed by atoms with Crippen LogP contribution in [0.15, 0.2) is 48.5 Å². The van der Waals surface area contributed by atoms with Crippen LogP contribution in [0.2, 0.25) is 0 Å². The van der Waals surface area contributed by atoms with Crippen LogP contribution in [0, 0.1) is 0 Å². The first kappa shape index (κ1) is 38.1. The molecule has 0 saturated carbocycles. The molecule has 0 aromatic heterocycles. The molecule has 2 aromatic carbocycles. The van der Waals surface area contributed by atoms with Crippen LogP contribution in [0.5, 0.6) is 0 Å². The van der Waals surface area contributed by atoms with Crippen molar-refractivity contribution in [2.24, 2.45) is 0 Å². The lowest BCUT2D eigenvalue weighted by molar-refractivity contribution is 0.879. The third kappa shape index (κ3) is 20.7. The van der Waals surface area contributed by atoms with Gasteiger partial charge in [0.2, 0.25) is 0 Å². The zero-order chi connectivity index (χ0) is 21.7. The Morgan fingerprint density at radius 2 is 0.844 bits per heavy atom. The van der Waals surface area contributed by atoms with Crippen LogP contribution in [0.4, 0.5) is 0 Å². The van der Waals surface area contributed by atoms with Gasteiger partial charge in [-0.25, -0.2) is 0 Å². The first-order valence-corrected chi connectivity index (χ1v) is 13.0. The zero-order valence-electron chi connectivity index (χ0n) is 20.1. The molecule has 0 saturated heterocycles. The molecular weight excluding hydrogens is 404 g/mol. The average Bonchev–Trinajstić information content (AvgIpc) is 2.80. The van der Waals surface area contributed by atoms with Gasteiger partial charge >= 0.3 is 0 Å². The lowest BCUT2D eigenvalue weighted by Gasteiger charge is -1.98. The van der Waals surface area contributed by atoms with Crippen molar-refractivity contribution in [3.63, 3.8) is 0 Å². The van der Waals surface area contributed by atoms with Crippen LogP contribution in [-0.4, -0.2) is 11.5 Å². The largest absolute Gasteiger partial charge is 0.162 e. The third-order valence-corrected chi connectivity index (χ3v) is 6.09. The number of hydrogen-bond acceptors (Lipinski definition) is 1. The summed E-state index contributed by atoms with van der Waals surface area (Å²) < 4.78 is 0. The van der Waals surface area contributed by atoms with Gasteiger partial charge in [-0.1, -0.05) is 125 Å². The Balaban J connectivity index is -0.000000176. The van der Waals surface area contributed by atoms with Crippen LogP contribution in [-0.2, 0) is 25.7 Å². The van der Waals surface area contributed by atoms with Gasteiger partial charge in [-0.05, 0) is 72.3 Å². The molecule has 0 amide bonds. The minimum Gasteiger partial charge on any atom is -0.162 e. The number of thioether (sulfide) groups is 1. The Bertz CT molecular complexity index is 537. The van der Waals surface area contributed by atoms with E-state index < -0.39 is 0 Å². The van der Waals surface area contributed by atoms with Crippen molar-refractivity contribution in [2.45, 2.75) is 115 Å². The van der Waals surface area contributed by atoms with Crippen molar-refractivity contribution in [2.75, 3.05) is 11.5 Å². The minimum absolute atomic E-state index is 0. The average molecular weight is 463 g/mol. The molecule has 188 valence electrons. The number of rotatable bonds is 10. The Labute approximate surface area is 209 Å². The highest BCUT2D eigenvalue weighted by atomic mass is 32.2. The van der Waals surface area contributed by atoms with Gasteiger partial charge in [-0.2, -0.15) is 11.8 Å². The summed E-state index contributed by atoms with van der Waals surface area (Å²) in [5.41, 5.74) is 5.74. The smallest absolute Gasteiger partial charge is 0.00676 e. The monoisotopic (exact) mass is 462 g/mol. The fourth-order valence-corrected chi connectivity index (χ4v) is 3.86. The molecule has 0 N–H and O–H groups in total. The fraction of sp³-hybridized carbons (Fsp3) is 0.613. The van der Waals surface area contributed by atoms with Crippen LogP contribution >= 0.6 is 11.8 Å². The summed E-state index contributed by atoms with van der Waals surface area (Å²) in [7, 11) is 0. The van der Waals surface area contributed by atoms with Crippen molar-refractivity contribution in [3.8, 4) is 0 Å². The molecule has 2 rings (SSSR count). The van der Waals surface area contributed by atoms with Crippen LogP contribution in [0.1, 0.15) is 112 Å². The number of aryl methyl sites for hydroxylation is 4. The Kier molecular flexibility index (Phi) is 33.1. The Morgan fingerprint density at radius 1 is 0.500 bits per heavy atom. The quantitative estimate of drug-likeness (QED) is 0.316. The standard InChI is InChI=1S/2C10H14.C8H18S.3CH4/c1-3-9-5-7-10(4-2)8-6-9;1-3-9-6-5-7-10(4-2)8-9;1-3-5-7-9-8-6-4-2;;;/h2*5-8H,3-4H2,1-2H3;3-8H2,1-2H3;3*1H4. The van der Waals surface area contributed by atoms with Gasteiger partial charge in [-0.3, -0.25) is 0 Å². The fourth-order valence-electron chi connectivity index (χ4n) is 2.68. The molecular formula is C31H58S. The Hall–Kier alpha value is -1.21. The SMILES string of the molecule is C.C.C.CCCCSCCCC.CCc1ccc(CC)cc1.CCc1cccc(CC)c1. The van der Waals surface area contributed by atoms with E-state index in [-0.39, 0.29) is 22.3 Å². The second-order valence-electron chi connectivity index (χ2n) is 7.37. The van der Waals surface area contributed by atoms with Gasteiger partial charge in [0.05, 0.1) is 0 Å². The van der Waals surface area contributed by atoms with E-state index in [0.29, 0.717) is 0 Å². The molecule has 0 nitrogen and oxygen atoms in total. The third-order valence-electron chi connectivity index (χ3n) is 4.93. The molecule has 0 atom stereocenters. The van der Waals surface area contributed by atoms with Gasteiger partial charge in [0.25, 0.3) is 0 Å². The maximum Gasteiger partial charge on any atom is -0.00676 e. The van der Waals surface area contributed by atoms with Crippen molar-refractivity contribution < 1.29 is 0 Å². The van der Waals surface area contributed by atoms with Crippen molar-refractivity contribution in [3.05, 3.63) is 70.8 Å². The van der Waals surface area contributed by atoms with E-state index in [1.807, 2.05) is 0 Å². The van der Waals surface area contributed by atoms with Gasteiger partial charge in [0.1, 0.15) is 0 Å². The van der Waals surface area contributed by atoms with Gasteiger partial charge in [-0.15, -0.1) is 0 Å². The highest BCUT2D eigenvalue weighted by Gasteiger charge is 1.90. The molecule has 1 heteroatoms. The van der Waals surface area contributed by atoms with E-state index in [0.717, 1.165) is 25.7 Å². The van der Waals surface area contributed by atoms with E-state index in [1.54, 1.807) is 0 Å². The number of unbranched alkanes of at least 4 members (excludes halogenated alkanes) is 2. The van der Waals surface area contributed by atoms with Crippen molar-refractivity contribution >= 4 is 11.8 Å². The summed E-state index contributed by atoms with van der Waals surface area (Å²) in [4.78, 5) is 0. The van der Waals surface area contributed by atoms with Crippen LogP contribution in [0.25, 0.3) is 0 Å². The molecule has 0 heterocycles. The van der Waals surface area contributed by atoms with Crippen molar-refractivity contribution in [1.29, 1.82) is 0 Å². The first-order chi connectivity index (χ1) is 14.1. The summed E-state index contributed by atoms with van der Waals surface area (Å²) in [5.74, 6) is 2.74. The lowest BCUT2D eigenvalue weighted by Crippen LogP contribution is -1.83. The summed E-state index contributed by atoms with van der Waals surface area (Å²) in [6, 6.07) is 17.6. The number of benzene rings is 2. The molecule has 0 unspecified atom stereocenters. The molecule has 0 aliphatic rings. The topological polar surface area (TPSA) is 0 Å². The minimum atomic E-state index is 0. The Morgan fingerprint density at radius 3 is 1.12 bits per heavy atom. The van der Waals surface area contributed by atoms with E-state index >= 15 is 0 Å². The van der Waals surface area contributed by atoms with Crippen molar-refractivity contribution in [1.82, 2.24) is 0 Å². The van der Waals surface area contributed by atoms with E-state index in [2.05, 4.69) is 102 Å². The predicted molar refractivity (Wildman–Crippen MR) is 158 cm³/mol. The van der Waals surface area contributed by atoms with E-state index in [1.165, 1.54) is 59.4 Å². The van der Waals surface area contributed by atoms with Gasteiger partial charge in [0, 0.05) is 0 Å². The molecule has 0 aliphatic heterocycles. The highest BCUT2D eigenvalue weighted by Crippen LogP contribution is 2.07.